The van der Waals surface area contributed by atoms with E-state index in [1.165, 1.54) is 10.3 Å². The number of allylic oxidation sites excluding steroid dienone is 1. The number of nitrogens with zero attached hydrogens (tertiary/aromatic N) is 7. The molecule has 0 radical (unpaired) electrons. The maximum atomic E-state index is 9.59. The quantitative estimate of drug-likeness (QED) is 0.116. The van der Waals surface area contributed by atoms with Crippen LogP contribution in [0.25, 0.3) is 117 Å². The van der Waals surface area contributed by atoms with Gasteiger partial charge in [-0.3, -0.25) is 0 Å². The third-order valence-corrected chi connectivity index (χ3v) is 17.8. The van der Waals surface area contributed by atoms with Crippen molar-refractivity contribution in [2.45, 2.75) is 23.0 Å². The lowest BCUT2D eigenvalue weighted by molar-refractivity contribution is 0.399. The van der Waals surface area contributed by atoms with Crippen LogP contribution in [0, 0.1) is 17.2 Å². The van der Waals surface area contributed by atoms with Crippen molar-refractivity contribution in [1.82, 2.24) is 28.7 Å². The first-order chi connectivity index (χ1) is 43.6. The number of anilines is 2. The van der Waals surface area contributed by atoms with Gasteiger partial charge in [-0.2, -0.15) is 5.26 Å². The van der Waals surface area contributed by atoms with Gasteiger partial charge in [-0.05, 0) is 128 Å². The molecule has 0 amide bonds. The van der Waals surface area contributed by atoms with Crippen molar-refractivity contribution < 1.29 is 9.84 Å². The fourth-order valence-corrected chi connectivity index (χ4v) is 13.7. The Morgan fingerprint density at radius 1 is 0.443 bits per heavy atom. The molecule has 10 nitrogen and oxygen atoms in total. The molecule has 16 rings (SSSR count). The number of hydrogen-bond acceptors (Lipinski definition) is 8. The highest BCUT2D eigenvalue weighted by molar-refractivity contribution is 8.00. The average molecular weight is 1160 g/mol. The molecule has 4 aromatic heterocycles. The van der Waals surface area contributed by atoms with Gasteiger partial charge in [-0.25, -0.2) is 15.0 Å². The Bertz CT molecular complexity index is 5090. The Kier molecular flexibility index (Phi) is 14.1. The van der Waals surface area contributed by atoms with Gasteiger partial charge in [-0.15, -0.1) is 11.8 Å². The lowest BCUT2D eigenvalue weighted by atomic mass is 9.97. The molecule has 1 aliphatic rings. The van der Waals surface area contributed by atoms with Crippen molar-refractivity contribution in [3.63, 3.8) is 0 Å². The summed E-state index contributed by atoms with van der Waals surface area (Å²) in [5, 5.41) is 27.5. The normalized spacial score (nSPS) is 13.9. The zero-order chi connectivity index (χ0) is 59.1. The van der Waals surface area contributed by atoms with E-state index in [1.807, 2.05) is 127 Å². The second-order valence-electron chi connectivity index (χ2n) is 21.7. The monoisotopic (exact) mass is 1160 g/mol. The molecule has 0 fully saturated rings. The number of fused-ring (bicyclic) bond motifs is 12. The number of benzene rings is 11. The van der Waals surface area contributed by atoms with Crippen LogP contribution >= 0.6 is 11.8 Å². The minimum absolute atomic E-state index is 0.00802. The summed E-state index contributed by atoms with van der Waals surface area (Å²) in [5.74, 6) is 3.34. The highest BCUT2D eigenvalue weighted by Gasteiger charge is 2.29. The lowest BCUT2D eigenvalue weighted by Gasteiger charge is -2.18. The molecule has 15 aromatic rings. The zero-order valence-corrected chi connectivity index (χ0v) is 48.8. The van der Waals surface area contributed by atoms with Crippen LogP contribution in [0.15, 0.2) is 278 Å². The first-order valence-electron chi connectivity index (χ1n) is 29.5. The van der Waals surface area contributed by atoms with E-state index in [0.29, 0.717) is 22.7 Å². The number of aromatic nitrogens is 6. The maximum Gasteiger partial charge on any atom is 0.164 e. The minimum Gasteiger partial charge on any atom is -0.455 e. The number of hydrogen-bond donors (Lipinski definition) is 2. The van der Waals surface area contributed by atoms with Crippen molar-refractivity contribution >= 4 is 88.6 Å². The number of aliphatic hydroxyl groups excluding tert-OH is 1. The standard InChI is InChI=1S/C76H52N8OS.CH4O/c77-48-49-32-44-58(45-33-49)86-59-46-42-56(43-47-59)84-66-30-16-12-26-62(66)70-72-68(61-25-11-15-29-65(61)83(72)55-40-36-53(37-41-55)78-63-27-13-17-31-67(63)85-57-22-8-3-9-23-57)71-69(73(70)84)60-24-10-14-28-64(60)82(71)54-38-34-52(35-39-54)76-80-74(50-18-4-1-5-19-50)79-75(81-76)51-20-6-2-7-21-51;1-2/h1-32,34-44,46-47,49,58,78H,33,45H2;2H,1H3. The van der Waals surface area contributed by atoms with Gasteiger partial charge in [0.15, 0.2) is 23.2 Å². The Hall–Kier alpha value is -11.0. The molecule has 0 bridgehead atoms. The molecule has 11 aromatic carbocycles. The summed E-state index contributed by atoms with van der Waals surface area (Å²) in [5.41, 5.74) is 14.3. The Morgan fingerprint density at radius 2 is 0.852 bits per heavy atom. The van der Waals surface area contributed by atoms with Crippen LogP contribution in [-0.4, -0.2) is 46.1 Å². The summed E-state index contributed by atoms with van der Waals surface area (Å²) in [6, 6.07) is 93.9. The highest BCUT2D eigenvalue weighted by Crippen LogP contribution is 2.51. The molecule has 0 saturated carbocycles. The van der Waals surface area contributed by atoms with Gasteiger partial charge in [-0.1, -0.05) is 158 Å². The summed E-state index contributed by atoms with van der Waals surface area (Å²) in [6.45, 7) is 0. The van der Waals surface area contributed by atoms with Gasteiger partial charge in [0.2, 0.25) is 0 Å². The van der Waals surface area contributed by atoms with Crippen molar-refractivity contribution in [2.24, 2.45) is 5.92 Å². The summed E-state index contributed by atoms with van der Waals surface area (Å²) >= 11 is 1.87. The van der Waals surface area contributed by atoms with Crippen molar-refractivity contribution in [3.8, 4) is 68.8 Å². The highest BCUT2D eigenvalue weighted by atomic mass is 32.2. The number of nitriles is 1. The van der Waals surface area contributed by atoms with Crippen LogP contribution in [0.3, 0.4) is 0 Å². The van der Waals surface area contributed by atoms with Gasteiger partial charge in [0, 0.05) is 89.0 Å². The molecule has 11 heteroatoms. The topological polar surface area (TPSA) is 119 Å². The van der Waals surface area contributed by atoms with Crippen LogP contribution in [-0.2, 0) is 0 Å². The predicted octanol–water partition coefficient (Wildman–Crippen LogP) is 19.3. The predicted molar refractivity (Wildman–Crippen MR) is 361 cm³/mol. The van der Waals surface area contributed by atoms with Gasteiger partial charge in [0.25, 0.3) is 0 Å². The molecule has 1 aliphatic carbocycles. The van der Waals surface area contributed by atoms with Crippen LogP contribution in [0.5, 0.6) is 11.5 Å². The smallest absolute Gasteiger partial charge is 0.164 e. The van der Waals surface area contributed by atoms with Gasteiger partial charge in [0.1, 0.15) is 5.75 Å². The molecule has 2 atom stereocenters. The Balaban J connectivity index is 0.00000322. The summed E-state index contributed by atoms with van der Waals surface area (Å²) in [6.07, 6.45) is 6.15. The number of thioether (sulfide) groups is 1. The van der Waals surface area contributed by atoms with Crippen LogP contribution in [0.1, 0.15) is 12.8 Å². The lowest BCUT2D eigenvalue weighted by Crippen LogP contribution is -2.08. The van der Waals surface area contributed by atoms with Crippen LogP contribution in [0.2, 0.25) is 0 Å². The van der Waals surface area contributed by atoms with E-state index in [0.717, 1.165) is 137 Å². The molecule has 0 aliphatic heterocycles. The number of nitrogens with one attached hydrogen (secondary N) is 1. The van der Waals surface area contributed by atoms with E-state index in [-0.39, 0.29) is 5.92 Å². The van der Waals surface area contributed by atoms with Crippen molar-refractivity contribution in [2.75, 3.05) is 12.4 Å². The largest absolute Gasteiger partial charge is 0.455 e. The summed E-state index contributed by atoms with van der Waals surface area (Å²) in [7, 11) is 1.00. The molecule has 422 valence electrons. The van der Waals surface area contributed by atoms with E-state index in [1.54, 1.807) is 0 Å². The van der Waals surface area contributed by atoms with E-state index in [9.17, 15) is 5.26 Å². The fraction of sp³-hybridized carbons (Fsp3) is 0.0649. The summed E-state index contributed by atoms with van der Waals surface area (Å²) < 4.78 is 13.8. The van der Waals surface area contributed by atoms with E-state index in [2.05, 4.69) is 183 Å². The molecule has 88 heavy (non-hydrogen) atoms. The van der Waals surface area contributed by atoms with E-state index < -0.39 is 0 Å². The molecule has 2 unspecified atom stereocenters. The van der Waals surface area contributed by atoms with Gasteiger partial charge >= 0.3 is 0 Å². The molecular formula is C77H56N8O2S. The second-order valence-corrected chi connectivity index (χ2v) is 23.1. The Labute approximate surface area is 512 Å². The molecular weight excluding hydrogens is 1100 g/mol. The minimum atomic E-state index is -0.00802. The molecule has 0 saturated heterocycles. The van der Waals surface area contributed by atoms with Crippen LogP contribution in [0.4, 0.5) is 11.4 Å². The third-order valence-electron chi connectivity index (χ3n) is 16.5. The molecule has 4 heterocycles. The molecule has 2 N–H and O–H groups in total. The first kappa shape index (κ1) is 53.7. The van der Waals surface area contributed by atoms with Crippen molar-refractivity contribution in [1.29, 1.82) is 5.26 Å². The number of para-hydroxylation sites is 6. The number of rotatable bonds is 12. The zero-order valence-electron chi connectivity index (χ0n) is 47.9. The second kappa shape index (κ2) is 23.1. The fourth-order valence-electron chi connectivity index (χ4n) is 12.6. The maximum absolute atomic E-state index is 9.59. The SMILES string of the molecule is CO.N#CC1C=CC(Sc2ccc(-n3c4ccccc4c4c5c(c6ccccc6n5-c5ccc(Nc6ccccc6Oc6ccccc6)cc5)c5c(c6ccccc6n5-c5ccc(-c6nc(-c7ccccc7)nc(-c7ccccc7)n6)cc5)c43)cc2)CC1. The van der Waals surface area contributed by atoms with E-state index in [4.69, 9.17) is 24.8 Å². The summed E-state index contributed by atoms with van der Waals surface area (Å²) in [4.78, 5) is 16.4. The first-order valence-corrected chi connectivity index (χ1v) is 30.4. The van der Waals surface area contributed by atoms with E-state index >= 15 is 0 Å². The van der Waals surface area contributed by atoms with Gasteiger partial charge in [0.05, 0.1) is 50.8 Å². The Morgan fingerprint density at radius 3 is 1.32 bits per heavy atom. The third kappa shape index (κ3) is 9.58. The average Bonchev–Trinajstić information content (AvgIpc) is 1.55. The van der Waals surface area contributed by atoms with Gasteiger partial charge < -0.3 is 28.9 Å². The number of aliphatic hydroxyl groups is 1. The van der Waals surface area contributed by atoms with Crippen LogP contribution < -0.4 is 10.1 Å². The van der Waals surface area contributed by atoms with Crippen molar-refractivity contribution in [3.05, 3.63) is 273 Å². The molecule has 0 spiro atoms. The number of ether oxygens (including phenoxy) is 1.